The smallest absolute Gasteiger partial charge is 0.244 e. The van der Waals surface area contributed by atoms with Crippen molar-refractivity contribution in [2.75, 3.05) is 23.9 Å². The Morgan fingerprint density at radius 1 is 1.29 bits per heavy atom. The number of carbonyl (C=O) groups is 2. The molecule has 2 aromatic rings. The molecule has 0 fully saturated rings. The fourth-order valence-electron chi connectivity index (χ4n) is 2.78. The van der Waals surface area contributed by atoms with Crippen LogP contribution in [0.3, 0.4) is 0 Å². The predicted molar refractivity (Wildman–Crippen MR) is 96.6 cm³/mol. The van der Waals surface area contributed by atoms with Crippen molar-refractivity contribution in [3.05, 3.63) is 52.0 Å². The molecule has 2 amide bonds. The van der Waals surface area contributed by atoms with E-state index in [9.17, 15) is 9.59 Å². The molecule has 1 aliphatic rings. The van der Waals surface area contributed by atoms with Gasteiger partial charge in [0, 0.05) is 10.2 Å². The van der Waals surface area contributed by atoms with Crippen LogP contribution in [-0.4, -0.2) is 25.5 Å². The molecule has 24 heavy (non-hydrogen) atoms. The van der Waals surface area contributed by atoms with E-state index >= 15 is 0 Å². The first-order valence-corrected chi connectivity index (χ1v) is 8.30. The van der Waals surface area contributed by atoms with E-state index in [2.05, 4.69) is 21.2 Å². The topological polar surface area (TPSA) is 58.6 Å². The second kappa shape index (κ2) is 6.65. The van der Waals surface area contributed by atoms with Crippen LogP contribution in [0.2, 0.25) is 0 Å². The molecular formula is C18H17BrN2O3. The third-order valence-corrected chi connectivity index (χ3v) is 4.40. The first kappa shape index (κ1) is 16.5. The van der Waals surface area contributed by atoms with Gasteiger partial charge in [-0.15, -0.1) is 0 Å². The van der Waals surface area contributed by atoms with Crippen molar-refractivity contribution in [3.8, 4) is 5.75 Å². The summed E-state index contributed by atoms with van der Waals surface area (Å²) >= 11 is 3.40. The maximum atomic E-state index is 12.4. The van der Waals surface area contributed by atoms with Gasteiger partial charge in [-0.3, -0.25) is 9.59 Å². The number of halogens is 1. The number of fused-ring (bicyclic) bond motifs is 1. The fraction of sp³-hybridized carbons (Fsp3) is 0.222. The van der Waals surface area contributed by atoms with E-state index < -0.39 is 0 Å². The molecule has 0 radical (unpaired) electrons. The molecule has 3 rings (SSSR count). The van der Waals surface area contributed by atoms with Gasteiger partial charge in [0.05, 0.1) is 19.2 Å². The summed E-state index contributed by atoms with van der Waals surface area (Å²) < 4.78 is 6.18. The van der Waals surface area contributed by atoms with Crippen molar-refractivity contribution in [2.45, 2.75) is 13.3 Å². The highest BCUT2D eigenvalue weighted by molar-refractivity contribution is 9.10. The third kappa shape index (κ3) is 3.28. The molecule has 1 heterocycles. The van der Waals surface area contributed by atoms with Crippen molar-refractivity contribution in [1.29, 1.82) is 0 Å². The largest absolute Gasteiger partial charge is 0.495 e. The minimum absolute atomic E-state index is 0.0233. The zero-order valence-corrected chi connectivity index (χ0v) is 15.0. The first-order valence-electron chi connectivity index (χ1n) is 7.51. The van der Waals surface area contributed by atoms with Crippen LogP contribution in [0.4, 0.5) is 11.4 Å². The average Bonchev–Trinajstić information content (AvgIpc) is 2.82. The Bertz CT molecular complexity index is 820. The second-order valence-corrected chi connectivity index (χ2v) is 6.60. The molecule has 0 aliphatic carbocycles. The maximum absolute atomic E-state index is 12.4. The Morgan fingerprint density at radius 3 is 2.83 bits per heavy atom. The van der Waals surface area contributed by atoms with Gasteiger partial charge in [0.15, 0.2) is 0 Å². The summed E-state index contributed by atoms with van der Waals surface area (Å²) in [7, 11) is 1.55. The van der Waals surface area contributed by atoms with E-state index in [4.69, 9.17) is 4.74 Å². The Kier molecular flexibility index (Phi) is 4.57. The van der Waals surface area contributed by atoms with Gasteiger partial charge in [-0.2, -0.15) is 0 Å². The van der Waals surface area contributed by atoms with Gasteiger partial charge in [-0.25, -0.2) is 0 Å². The number of methoxy groups -OCH3 is 1. The van der Waals surface area contributed by atoms with Crippen molar-refractivity contribution < 1.29 is 14.3 Å². The van der Waals surface area contributed by atoms with Gasteiger partial charge in [0.1, 0.15) is 12.3 Å². The van der Waals surface area contributed by atoms with E-state index in [1.807, 2.05) is 37.3 Å². The van der Waals surface area contributed by atoms with E-state index in [-0.39, 0.29) is 18.4 Å². The molecule has 0 bridgehead atoms. The summed E-state index contributed by atoms with van der Waals surface area (Å²) in [5.74, 6) is 0.253. The van der Waals surface area contributed by atoms with E-state index in [1.165, 1.54) is 4.90 Å². The van der Waals surface area contributed by atoms with Crippen molar-refractivity contribution in [3.63, 3.8) is 0 Å². The van der Waals surface area contributed by atoms with Crippen LogP contribution in [0.15, 0.2) is 40.9 Å². The minimum Gasteiger partial charge on any atom is -0.495 e. The maximum Gasteiger partial charge on any atom is 0.244 e. The summed E-state index contributed by atoms with van der Waals surface area (Å²) in [5, 5.41) is 2.82. The number of carbonyl (C=O) groups excluding carboxylic acids is 2. The van der Waals surface area contributed by atoms with Crippen molar-refractivity contribution in [2.24, 2.45) is 0 Å². The number of nitrogens with zero attached hydrogens (tertiary/aromatic N) is 1. The van der Waals surface area contributed by atoms with Crippen LogP contribution < -0.4 is 15.0 Å². The van der Waals surface area contributed by atoms with Crippen LogP contribution >= 0.6 is 15.9 Å². The zero-order valence-electron chi connectivity index (χ0n) is 13.4. The molecule has 1 N–H and O–H groups in total. The van der Waals surface area contributed by atoms with Crippen LogP contribution in [0, 0.1) is 6.92 Å². The number of aryl methyl sites for hydroxylation is 1. The molecular weight excluding hydrogens is 372 g/mol. The lowest BCUT2D eigenvalue weighted by Crippen LogP contribution is -2.35. The van der Waals surface area contributed by atoms with Gasteiger partial charge in [0.25, 0.3) is 0 Å². The van der Waals surface area contributed by atoms with Crippen LogP contribution in [0.5, 0.6) is 5.75 Å². The quantitative estimate of drug-likeness (QED) is 0.873. The molecule has 0 unspecified atom stereocenters. The Hall–Kier alpha value is -2.34. The molecule has 0 aromatic heterocycles. The van der Waals surface area contributed by atoms with Crippen LogP contribution in [-0.2, 0) is 16.0 Å². The van der Waals surface area contributed by atoms with E-state index in [0.29, 0.717) is 17.9 Å². The highest BCUT2D eigenvalue weighted by Crippen LogP contribution is 2.31. The van der Waals surface area contributed by atoms with Gasteiger partial charge in [-0.1, -0.05) is 22.0 Å². The van der Waals surface area contributed by atoms with E-state index in [1.54, 1.807) is 13.2 Å². The highest BCUT2D eigenvalue weighted by atomic mass is 79.9. The Balaban J connectivity index is 1.77. The Labute approximate surface area is 148 Å². The van der Waals surface area contributed by atoms with Crippen molar-refractivity contribution in [1.82, 2.24) is 0 Å². The normalized spacial score (nSPS) is 13.0. The molecule has 6 heteroatoms. The molecule has 5 nitrogen and oxygen atoms in total. The number of benzene rings is 2. The second-order valence-electron chi connectivity index (χ2n) is 5.68. The molecule has 1 aliphatic heterocycles. The minimum atomic E-state index is -0.261. The molecule has 0 spiro atoms. The zero-order chi connectivity index (χ0) is 17.3. The predicted octanol–water partition coefficient (Wildman–Crippen LogP) is 3.29. The standard InChI is InChI=1S/C18H17BrN2O3/c1-11-3-6-16(24-2)14(7-11)20-17(22)10-21-15-5-4-13(19)8-12(15)9-18(21)23/h3-8H,9-10H2,1-2H3,(H,20,22). The molecule has 124 valence electrons. The van der Waals surface area contributed by atoms with Gasteiger partial charge < -0.3 is 15.0 Å². The van der Waals surface area contributed by atoms with Crippen LogP contribution in [0.1, 0.15) is 11.1 Å². The lowest BCUT2D eigenvalue weighted by molar-refractivity contribution is -0.120. The van der Waals surface area contributed by atoms with Gasteiger partial charge in [-0.05, 0) is 48.4 Å². The van der Waals surface area contributed by atoms with Crippen LogP contribution in [0.25, 0.3) is 0 Å². The number of nitrogens with one attached hydrogen (secondary N) is 1. The summed E-state index contributed by atoms with van der Waals surface area (Å²) in [6, 6.07) is 11.2. The lowest BCUT2D eigenvalue weighted by atomic mass is 10.2. The fourth-order valence-corrected chi connectivity index (χ4v) is 3.19. The van der Waals surface area contributed by atoms with E-state index in [0.717, 1.165) is 21.3 Å². The number of anilines is 2. The summed E-state index contributed by atoms with van der Waals surface area (Å²) in [5.41, 5.74) is 3.33. The average molecular weight is 389 g/mol. The molecule has 0 saturated heterocycles. The third-order valence-electron chi connectivity index (χ3n) is 3.91. The SMILES string of the molecule is COc1ccc(C)cc1NC(=O)CN1C(=O)Cc2cc(Br)ccc21. The monoisotopic (exact) mass is 388 g/mol. The van der Waals surface area contributed by atoms with Gasteiger partial charge >= 0.3 is 0 Å². The number of hydrogen-bond acceptors (Lipinski definition) is 3. The number of amides is 2. The number of ether oxygens (including phenoxy) is 1. The first-order chi connectivity index (χ1) is 11.5. The number of hydrogen-bond donors (Lipinski definition) is 1. The molecule has 0 atom stereocenters. The molecule has 2 aromatic carbocycles. The van der Waals surface area contributed by atoms with Crippen molar-refractivity contribution >= 4 is 39.1 Å². The highest BCUT2D eigenvalue weighted by Gasteiger charge is 2.29. The summed E-state index contributed by atoms with van der Waals surface area (Å²) in [6.07, 6.45) is 0.315. The van der Waals surface area contributed by atoms with Gasteiger partial charge in [0.2, 0.25) is 11.8 Å². The lowest BCUT2D eigenvalue weighted by Gasteiger charge is -2.18. The summed E-state index contributed by atoms with van der Waals surface area (Å²) in [6.45, 7) is 1.91. The number of rotatable bonds is 4. The summed E-state index contributed by atoms with van der Waals surface area (Å²) in [4.78, 5) is 26.1. The Morgan fingerprint density at radius 2 is 2.08 bits per heavy atom. The molecule has 0 saturated carbocycles.